The van der Waals surface area contributed by atoms with E-state index in [2.05, 4.69) is 39.1 Å². The average Bonchev–Trinajstić information content (AvgIpc) is 3.88. The third-order valence-corrected chi connectivity index (χ3v) is 11.9. The molecule has 0 saturated carbocycles. The van der Waals surface area contributed by atoms with Crippen LogP contribution in [-0.4, -0.2) is 46.0 Å². The first-order chi connectivity index (χ1) is 25.5. The molecule has 0 spiro atoms. The molecule has 1 fully saturated rings. The SMILES string of the molecule is CCCCCCCCCCCCOC(=O)CC[C@@H]1C2=C3CC(O)=C4C3=NC(=C4C)C=C3N=C(C=C4N=C(C=C(N2)[C@H]1C)C(C)=C4C(C)O)C(C)=C3CC. The fraction of sp³-hybridized carbons (Fsp3) is 0.556. The number of nitrogens with one attached hydrogen (secondary N) is 1. The van der Waals surface area contributed by atoms with Gasteiger partial charge in [-0.15, -0.1) is 0 Å². The first-order valence-corrected chi connectivity index (χ1v) is 20.3. The standard InChI is InChI=1S/C45H60N4O4/c1-8-10-11-12-13-14-15-16-17-18-21-53-41(52)20-19-32-27(4)35-23-36-28(5)42(30(7)50)39(47-36)25-34-26(3)31(9-2)38(46-34)24-37-29(6)43-40(51)22-33(44(32)48-35)45(43)49-37/h23-25,27,30,32,48,50-51H,8-22H2,1-7H3/t27-,30?,32-/m0/s1. The quantitative estimate of drug-likeness (QED) is 0.108. The zero-order chi connectivity index (χ0) is 37.8. The van der Waals surface area contributed by atoms with Gasteiger partial charge in [0.05, 0.1) is 46.9 Å². The van der Waals surface area contributed by atoms with E-state index < -0.39 is 6.10 Å². The Morgan fingerprint density at radius 3 is 2.23 bits per heavy atom. The molecule has 284 valence electrons. The fourth-order valence-electron chi connectivity index (χ4n) is 8.77. The van der Waals surface area contributed by atoms with Gasteiger partial charge in [-0.1, -0.05) is 78.6 Å². The monoisotopic (exact) mass is 720 g/mol. The molecule has 8 bridgehead atoms. The van der Waals surface area contributed by atoms with E-state index in [9.17, 15) is 15.0 Å². The maximum Gasteiger partial charge on any atom is 0.305 e. The Morgan fingerprint density at radius 1 is 0.887 bits per heavy atom. The fourth-order valence-corrected chi connectivity index (χ4v) is 8.77. The predicted octanol–water partition coefficient (Wildman–Crippen LogP) is 10.3. The summed E-state index contributed by atoms with van der Waals surface area (Å²) in [6, 6.07) is 0. The highest BCUT2D eigenvalue weighted by Gasteiger charge is 2.41. The van der Waals surface area contributed by atoms with E-state index in [0.717, 1.165) is 104 Å². The minimum atomic E-state index is -0.703. The van der Waals surface area contributed by atoms with Gasteiger partial charge < -0.3 is 20.3 Å². The molecule has 3 atom stereocenters. The van der Waals surface area contributed by atoms with Crippen molar-refractivity contribution < 1.29 is 19.7 Å². The second-order valence-electron chi connectivity index (χ2n) is 15.6. The van der Waals surface area contributed by atoms with E-state index in [0.29, 0.717) is 31.6 Å². The summed E-state index contributed by atoms with van der Waals surface area (Å²) in [5.41, 5.74) is 13.5. The maximum absolute atomic E-state index is 13.1. The van der Waals surface area contributed by atoms with Crippen LogP contribution in [0, 0.1) is 11.8 Å². The summed E-state index contributed by atoms with van der Waals surface area (Å²) in [7, 11) is 0. The van der Waals surface area contributed by atoms with Crippen molar-refractivity contribution in [3.8, 4) is 0 Å². The molecule has 5 heterocycles. The summed E-state index contributed by atoms with van der Waals surface area (Å²) < 4.78 is 5.73. The lowest BCUT2D eigenvalue weighted by molar-refractivity contribution is -0.144. The van der Waals surface area contributed by atoms with Crippen LogP contribution >= 0.6 is 0 Å². The van der Waals surface area contributed by atoms with Crippen LogP contribution in [0.2, 0.25) is 0 Å². The van der Waals surface area contributed by atoms with Crippen molar-refractivity contribution in [3.63, 3.8) is 0 Å². The molecule has 53 heavy (non-hydrogen) atoms. The van der Waals surface area contributed by atoms with Crippen molar-refractivity contribution >= 4 is 23.1 Å². The van der Waals surface area contributed by atoms with Crippen LogP contribution in [0.15, 0.2) is 106 Å². The lowest BCUT2D eigenvalue weighted by Crippen LogP contribution is -2.16. The molecule has 5 aliphatic heterocycles. The normalized spacial score (nSPS) is 22.7. The van der Waals surface area contributed by atoms with Crippen LogP contribution in [0.25, 0.3) is 0 Å². The molecule has 0 aromatic carbocycles. The molecule has 6 rings (SSSR count). The largest absolute Gasteiger partial charge is 0.511 e. The van der Waals surface area contributed by atoms with E-state index in [1.165, 1.54) is 51.4 Å². The van der Waals surface area contributed by atoms with Crippen LogP contribution in [0.3, 0.4) is 0 Å². The summed E-state index contributed by atoms with van der Waals surface area (Å²) in [4.78, 5) is 28.4. The second-order valence-corrected chi connectivity index (χ2v) is 15.6. The zero-order valence-electron chi connectivity index (χ0n) is 33.1. The summed E-state index contributed by atoms with van der Waals surface area (Å²) in [5.74, 6) is 0.201. The van der Waals surface area contributed by atoms with E-state index in [1.807, 2.05) is 26.0 Å². The molecule has 8 heteroatoms. The lowest BCUT2D eigenvalue weighted by atomic mass is 9.86. The van der Waals surface area contributed by atoms with Crippen LogP contribution in [0.5, 0.6) is 0 Å². The van der Waals surface area contributed by atoms with Gasteiger partial charge in [0, 0.05) is 52.8 Å². The lowest BCUT2D eigenvalue weighted by Gasteiger charge is -2.17. The molecule has 1 saturated heterocycles. The third kappa shape index (κ3) is 8.08. The van der Waals surface area contributed by atoms with Gasteiger partial charge in [0.15, 0.2) is 0 Å². The minimum absolute atomic E-state index is 0.00856. The van der Waals surface area contributed by atoms with Crippen molar-refractivity contribution in [3.05, 3.63) is 91.5 Å². The van der Waals surface area contributed by atoms with Crippen molar-refractivity contribution in [1.82, 2.24) is 5.32 Å². The number of ether oxygens (including phenoxy) is 1. The number of hydrogen-bond donors (Lipinski definition) is 3. The smallest absolute Gasteiger partial charge is 0.305 e. The molecule has 8 nitrogen and oxygen atoms in total. The maximum atomic E-state index is 13.1. The highest BCUT2D eigenvalue weighted by atomic mass is 16.5. The molecule has 0 amide bonds. The minimum Gasteiger partial charge on any atom is -0.511 e. The first kappa shape index (κ1) is 38.7. The zero-order valence-corrected chi connectivity index (χ0v) is 33.1. The number of nitrogens with zero attached hydrogens (tertiary/aromatic N) is 3. The molecule has 0 radical (unpaired) electrons. The number of rotatable bonds is 16. The molecule has 1 aliphatic carbocycles. The summed E-state index contributed by atoms with van der Waals surface area (Å²) in [5, 5.41) is 26.1. The second kappa shape index (κ2) is 17.0. The highest BCUT2D eigenvalue weighted by molar-refractivity contribution is 6.21. The first-order valence-electron chi connectivity index (χ1n) is 20.3. The predicted molar refractivity (Wildman–Crippen MR) is 216 cm³/mol. The third-order valence-electron chi connectivity index (χ3n) is 11.9. The number of hydrogen-bond acceptors (Lipinski definition) is 8. The van der Waals surface area contributed by atoms with Crippen molar-refractivity contribution in [2.24, 2.45) is 26.8 Å². The summed E-state index contributed by atoms with van der Waals surface area (Å²) in [6.07, 6.45) is 20.0. The number of fused-ring (bicyclic) bond motifs is 5. The molecule has 6 aliphatic rings. The van der Waals surface area contributed by atoms with Gasteiger partial charge in [0.25, 0.3) is 0 Å². The van der Waals surface area contributed by atoms with Gasteiger partial charge in [-0.2, -0.15) is 0 Å². The number of carbonyl (C=O) groups is 1. The van der Waals surface area contributed by atoms with E-state index in [4.69, 9.17) is 19.7 Å². The number of aliphatic imine (C=N–C) groups is 3. The number of aliphatic hydroxyl groups excluding tert-OH is 2. The number of esters is 1. The number of aliphatic hydroxyl groups is 2. The van der Waals surface area contributed by atoms with Crippen molar-refractivity contribution in [1.29, 1.82) is 0 Å². The molecule has 0 aromatic rings. The van der Waals surface area contributed by atoms with Crippen molar-refractivity contribution in [2.75, 3.05) is 6.61 Å². The van der Waals surface area contributed by atoms with Crippen LogP contribution in [0.1, 0.15) is 138 Å². The number of unbranched alkanes of at least 4 members (excludes halogenated alkanes) is 9. The van der Waals surface area contributed by atoms with Gasteiger partial charge in [0.1, 0.15) is 5.76 Å². The Hall–Kier alpha value is -4.04. The molecular weight excluding hydrogens is 661 g/mol. The van der Waals surface area contributed by atoms with E-state index >= 15 is 0 Å². The Kier molecular flexibility index (Phi) is 12.4. The molecular formula is C45H60N4O4. The summed E-state index contributed by atoms with van der Waals surface area (Å²) in [6.45, 7) is 15.0. The molecule has 1 unspecified atom stereocenters. The van der Waals surface area contributed by atoms with Crippen LogP contribution < -0.4 is 5.32 Å². The van der Waals surface area contributed by atoms with Gasteiger partial charge in [-0.05, 0) is 87.5 Å². The Bertz CT molecular complexity index is 1870. The highest BCUT2D eigenvalue weighted by Crippen LogP contribution is 2.46. The van der Waals surface area contributed by atoms with Gasteiger partial charge >= 0.3 is 5.97 Å². The Labute approximate surface area is 316 Å². The van der Waals surface area contributed by atoms with E-state index in [-0.39, 0.29) is 17.8 Å². The Morgan fingerprint density at radius 2 is 1.55 bits per heavy atom. The number of carbonyl (C=O) groups excluding carboxylic acids is 1. The van der Waals surface area contributed by atoms with E-state index in [1.54, 1.807) is 6.92 Å². The van der Waals surface area contributed by atoms with Crippen molar-refractivity contribution in [2.45, 2.75) is 144 Å². The molecule has 0 aromatic heterocycles. The van der Waals surface area contributed by atoms with Crippen LogP contribution in [-0.2, 0) is 9.53 Å². The van der Waals surface area contributed by atoms with Crippen LogP contribution in [0.4, 0.5) is 0 Å². The Balaban J connectivity index is 1.25. The number of allylic oxidation sites excluding steroid dienone is 11. The molecule has 3 N–H and O–H groups in total. The topological polar surface area (TPSA) is 116 Å². The van der Waals surface area contributed by atoms with Gasteiger partial charge in [-0.3, -0.25) is 4.79 Å². The average molecular weight is 721 g/mol. The van der Waals surface area contributed by atoms with Gasteiger partial charge in [-0.25, -0.2) is 15.0 Å². The summed E-state index contributed by atoms with van der Waals surface area (Å²) >= 11 is 0. The van der Waals surface area contributed by atoms with Gasteiger partial charge in [0.2, 0.25) is 0 Å².